The molecule has 1 heterocycles. The van der Waals surface area contributed by atoms with Crippen LogP contribution in [0.2, 0.25) is 0 Å². The van der Waals surface area contributed by atoms with Gasteiger partial charge in [0.25, 0.3) is 0 Å². The number of aryl methyl sites for hydroxylation is 1. The number of rotatable bonds is 3. The van der Waals surface area contributed by atoms with Crippen molar-refractivity contribution in [2.45, 2.75) is 32.7 Å². The van der Waals surface area contributed by atoms with E-state index in [0.717, 1.165) is 27.5 Å². The predicted octanol–water partition coefficient (Wildman–Crippen LogP) is 3.79. The van der Waals surface area contributed by atoms with E-state index < -0.39 is 11.4 Å². The molecule has 0 bridgehead atoms. The number of carboxylic acid groups (broad SMARTS) is 1. The summed E-state index contributed by atoms with van der Waals surface area (Å²) in [5, 5.41) is 10.4. The number of carbonyl (C=O) groups is 1. The van der Waals surface area contributed by atoms with Crippen molar-refractivity contribution in [1.29, 1.82) is 0 Å². The summed E-state index contributed by atoms with van der Waals surface area (Å²) in [6.45, 7) is 6.35. The van der Waals surface area contributed by atoms with Gasteiger partial charge in [-0.2, -0.15) is 0 Å². The minimum Gasteiger partial charge on any atom is -0.481 e. The minimum absolute atomic E-state index is 0.808. The molecular weight excluding hydrogens is 294 g/mol. The molecular formula is C14H16BrNO2. The summed E-state index contributed by atoms with van der Waals surface area (Å²) >= 11 is 3.54. The molecule has 0 aliphatic heterocycles. The first-order chi connectivity index (χ1) is 8.39. The number of hydrogen-bond acceptors (Lipinski definition) is 1. The Kier molecular flexibility index (Phi) is 3.23. The highest BCUT2D eigenvalue weighted by atomic mass is 79.9. The molecule has 0 spiro atoms. The van der Waals surface area contributed by atoms with E-state index >= 15 is 0 Å². The van der Waals surface area contributed by atoms with Crippen LogP contribution in [0.1, 0.15) is 26.3 Å². The van der Waals surface area contributed by atoms with E-state index in [-0.39, 0.29) is 0 Å². The number of halogens is 1. The minimum atomic E-state index is -0.889. The van der Waals surface area contributed by atoms with E-state index in [1.54, 1.807) is 13.8 Å². The Morgan fingerprint density at radius 1 is 1.44 bits per heavy atom. The highest BCUT2D eigenvalue weighted by Crippen LogP contribution is 2.35. The van der Waals surface area contributed by atoms with Crippen molar-refractivity contribution in [2.75, 3.05) is 0 Å². The number of aliphatic carboxylic acids is 1. The summed E-state index contributed by atoms with van der Waals surface area (Å²) in [7, 11) is 0. The van der Waals surface area contributed by atoms with Gasteiger partial charge >= 0.3 is 5.97 Å². The van der Waals surface area contributed by atoms with Crippen LogP contribution in [0.4, 0.5) is 0 Å². The number of fused-ring (bicyclic) bond motifs is 1. The highest BCUT2D eigenvalue weighted by Gasteiger charge is 2.32. The summed E-state index contributed by atoms with van der Waals surface area (Å²) in [6, 6.07) is 5.90. The molecule has 1 N–H and O–H groups in total. The molecule has 2 aromatic rings. The highest BCUT2D eigenvalue weighted by molar-refractivity contribution is 9.10. The zero-order valence-corrected chi connectivity index (χ0v) is 12.3. The van der Waals surface area contributed by atoms with Gasteiger partial charge in [0.15, 0.2) is 0 Å². The van der Waals surface area contributed by atoms with Crippen LogP contribution in [0, 0.1) is 0 Å². The lowest BCUT2D eigenvalue weighted by atomic mass is 9.85. The van der Waals surface area contributed by atoms with Crippen molar-refractivity contribution in [3.63, 3.8) is 0 Å². The average Bonchev–Trinajstić information content (AvgIpc) is 2.69. The second kappa shape index (κ2) is 4.43. The van der Waals surface area contributed by atoms with Crippen molar-refractivity contribution in [2.24, 2.45) is 0 Å². The van der Waals surface area contributed by atoms with E-state index in [1.165, 1.54) is 0 Å². The Balaban J connectivity index is 2.82. The van der Waals surface area contributed by atoms with Gasteiger partial charge in [-0.05, 0) is 48.3 Å². The first kappa shape index (κ1) is 13.1. The van der Waals surface area contributed by atoms with Crippen LogP contribution in [-0.2, 0) is 16.8 Å². The maximum Gasteiger partial charge on any atom is 0.313 e. The summed E-state index contributed by atoms with van der Waals surface area (Å²) in [5.74, 6) is -0.808. The van der Waals surface area contributed by atoms with E-state index in [0.29, 0.717) is 0 Å². The smallest absolute Gasteiger partial charge is 0.313 e. The summed E-state index contributed by atoms with van der Waals surface area (Å²) in [4.78, 5) is 11.4. The predicted molar refractivity (Wildman–Crippen MR) is 76.0 cm³/mol. The van der Waals surface area contributed by atoms with Crippen LogP contribution in [0.15, 0.2) is 28.9 Å². The fraction of sp³-hybridized carbons (Fsp3) is 0.357. The normalized spacial score (nSPS) is 12.0. The number of benzene rings is 1. The molecule has 1 aromatic carbocycles. The van der Waals surface area contributed by atoms with Gasteiger partial charge in [-0.1, -0.05) is 12.1 Å². The van der Waals surface area contributed by atoms with Crippen molar-refractivity contribution < 1.29 is 9.90 Å². The van der Waals surface area contributed by atoms with E-state index in [9.17, 15) is 9.90 Å². The Hall–Kier alpha value is -1.29. The fourth-order valence-electron chi connectivity index (χ4n) is 2.18. The van der Waals surface area contributed by atoms with E-state index in [2.05, 4.69) is 27.4 Å². The molecule has 3 nitrogen and oxygen atoms in total. The van der Waals surface area contributed by atoms with Gasteiger partial charge < -0.3 is 9.67 Å². The van der Waals surface area contributed by atoms with Gasteiger partial charge in [0.05, 0.1) is 10.9 Å². The van der Waals surface area contributed by atoms with Crippen molar-refractivity contribution in [3.05, 3.63) is 34.4 Å². The van der Waals surface area contributed by atoms with Crippen molar-refractivity contribution in [3.8, 4) is 0 Å². The van der Waals surface area contributed by atoms with Crippen LogP contribution in [0.25, 0.3) is 10.9 Å². The second-order valence-corrected chi connectivity index (χ2v) is 5.75. The molecule has 96 valence electrons. The molecule has 0 aliphatic rings. The quantitative estimate of drug-likeness (QED) is 0.937. The summed E-state index contributed by atoms with van der Waals surface area (Å²) in [6.07, 6.45) is 1.95. The number of hydrogen-bond donors (Lipinski definition) is 1. The molecule has 18 heavy (non-hydrogen) atoms. The molecule has 0 aliphatic carbocycles. The molecule has 0 radical (unpaired) electrons. The number of carboxylic acids is 1. The van der Waals surface area contributed by atoms with Gasteiger partial charge in [-0.3, -0.25) is 4.79 Å². The number of aromatic nitrogens is 1. The van der Waals surface area contributed by atoms with Gasteiger partial charge in [0.2, 0.25) is 0 Å². The third-order valence-corrected chi connectivity index (χ3v) is 4.04. The monoisotopic (exact) mass is 309 g/mol. The van der Waals surface area contributed by atoms with E-state index in [4.69, 9.17) is 0 Å². The van der Waals surface area contributed by atoms with Crippen LogP contribution >= 0.6 is 15.9 Å². The van der Waals surface area contributed by atoms with Gasteiger partial charge in [-0.15, -0.1) is 0 Å². The second-order valence-electron chi connectivity index (χ2n) is 4.89. The SMILES string of the molecule is CCn1cc(C(C)(C)C(=O)O)c2cccc(Br)c21. The number of nitrogens with zero attached hydrogens (tertiary/aromatic N) is 1. The first-order valence-corrected chi connectivity index (χ1v) is 6.70. The lowest BCUT2D eigenvalue weighted by Crippen LogP contribution is -2.28. The topological polar surface area (TPSA) is 42.2 Å². The Morgan fingerprint density at radius 2 is 2.11 bits per heavy atom. The molecule has 0 saturated carbocycles. The Labute approximate surface area is 115 Å². The zero-order valence-electron chi connectivity index (χ0n) is 10.7. The maximum absolute atomic E-state index is 11.4. The van der Waals surface area contributed by atoms with Crippen LogP contribution in [-0.4, -0.2) is 15.6 Å². The third-order valence-electron chi connectivity index (χ3n) is 3.40. The Morgan fingerprint density at radius 3 is 2.67 bits per heavy atom. The van der Waals surface area contributed by atoms with Crippen LogP contribution in [0.3, 0.4) is 0 Å². The molecule has 4 heteroatoms. The molecule has 0 saturated heterocycles. The standard InChI is InChI=1S/C14H16BrNO2/c1-4-16-8-10(14(2,3)13(17)18)9-6-5-7-11(15)12(9)16/h5-8H,4H2,1-3H3,(H,17,18). The average molecular weight is 310 g/mol. The van der Waals surface area contributed by atoms with Crippen molar-refractivity contribution in [1.82, 2.24) is 4.57 Å². The van der Waals surface area contributed by atoms with E-state index in [1.807, 2.05) is 24.4 Å². The lowest BCUT2D eigenvalue weighted by molar-refractivity contribution is -0.142. The lowest BCUT2D eigenvalue weighted by Gasteiger charge is -2.18. The number of para-hydroxylation sites is 1. The fourth-order valence-corrected chi connectivity index (χ4v) is 2.77. The molecule has 0 unspecified atom stereocenters. The molecule has 0 fully saturated rings. The van der Waals surface area contributed by atoms with Gasteiger partial charge in [0.1, 0.15) is 0 Å². The first-order valence-electron chi connectivity index (χ1n) is 5.90. The van der Waals surface area contributed by atoms with Crippen LogP contribution in [0.5, 0.6) is 0 Å². The van der Waals surface area contributed by atoms with Gasteiger partial charge in [-0.25, -0.2) is 0 Å². The molecule has 0 amide bonds. The van der Waals surface area contributed by atoms with Crippen molar-refractivity contribution >= 4 is 32.8 Å². The van der Waals surface area contributed by atoms with Gasteiger partial charge in [0, 0.05) is 22.6 Å². The largest absolute Gasteiger partial charge is 0.481 e. The Bertz CT molecular complexity index is 614. The molecule has 2 rings (SSSR count). The molecule has 0 atom stereocenters. The molecule has 1 aromatic heterocycles. The summed E-state index contributed by atoms with van der Waals surface area (Å²) in [5.41, 5.74) is 1.02. The summed E-state index contributed by atoms with van der Waals surface area (Å²) < 4.78 is 3.08. The third kappa shape index (κ3) is 1.85. The zero-order chi connectivity index (χ0) is 13.5. The maximum atomic E-state index is 11.4. The van der Waals surface area contributed by atoms with Crippen LogP contribution < -0.4 is 0 Å².